The molecule has 0 heterocycles. The molecular weight excluding hydrogens is 336 g/mol. The number of nitro benzene ring substituents is 1. The lowest BCUT2D eigenvalue weighted by atomic mass is 10.1. The SMILES string of the molecule is CCOC(=O)/C(=C/Cc1ccc([N+](=O)[O-])cc1)Nc1ccc(OC)cc1. The van der Waals surface area contributed by atoms with Gasteiger partial charge in [-0.05, 0) is 49.2 Å². The second-order valence-corrected chi connectivity index (χ2v) is 5.32. The summed E-state index contributed by atoms with van der Waals surface area (Å²) in [5.41, 5.74) is 1.89. The fraction of sp³-hybridized carbons (Fsp3) is 0.211. The van der Waals surface area contributed by atoms with Crippen LogP contribution in [0.15, 0.2) is 60.3 Å². The van der Waals surface area contributed by atoms with E-state index in [9.17, 15) is 14.9 Å². The second-order valence-electron chi connectivity index (χ2n) is 5.32. The van der Waals surface area contributed by atoms with Gasteiger partial charge in [0.25, 0.3) is 5.69 Å². The molecule has 0 aliphatic rings. The number of non-ortho nitro benzene ring substituents is 1. The molecule has 0 fully saturated rings. The van der Waals surface area contributed by atoms with E-state index in [0.29, 0.717) is 23.6 Å². The summed E-state index contributed by atoms with van der Waals surface area (Å²) in [5.74, 6) is 0.244. The number of anilines is 1. The highest BCUT2D eigenvalue weighted by molar-refractivity contribution is 5.91. The van der Waals surface area contributed by atoms with E-state index in [2.05, 4.69) is 5.32 Å². The minimum atomic E-state index is -0.467. The molecule has 0 saturated carbocycles. The summed E-state index contributed by atoms with van der Waals surface area (Å²) in [4.78, 5) is 22.4. The van der Waals surface area contributed by atoms with Crippen LogP contribution < -0.4 is 10.1 Å². The molecule has 0 aromatic heterocycles. The van der Waals surface area contributed by atoms with Crippen molar-refractivity contribution in [1.82, 2.24) is 0 Å². The Kier molecular flexibility index (Phi) is 6.73. The number of methoxy groups -OCH3 is 1. The molecule has 0 aliphatic carbocycles. The lowest BCUT2D eigenvalue weighted by Gasteiger charge is -2.11. The molecule has 0 spiro atoms. The fourth-order valence-corrected chi connectivity index (χ4v) is 2.20. The molecule has 26 heavy (non-hydrogen) atoms. The summed E-state index contributed by atoms with van der Waals surface area (Å²) in [6, 6.07) is 13.3. The number of esters is 1. The van der Waals surface area contributed by atoms with Crippen LogP contribution in [0.1, 0.15) is 12.5 Å². The number of nitrogens with zero attached hydrogens (tertiary/aromatic N) is 1. The van der Waals surface area contributed by atoms with Crippen molar-refractivity contribution < 1.29 is 19.2 Å². The number of nitrogens with one attached hydrogen (secondary N) is 1. The van der Waals surface area contributed by atoms with Gasteiger partial charge in [0.1, 0.15) is 11.4 Å². The van der Waals surface area contributed by atoms with Gasteiger partial charge in [-0.2, -0.15) is 0 Å². The number of rotatable bonds is 8. The fourth-order valence-electron chi connectivity index (χ4n) is 2.20. The molecular formula is C19H20N2O5. The van der Waals surface area contributed by atoms with E-state index in [0.717, 1.165) is 5.56 Å². The van der Waals surface area contributed by atoms with Crippen LogP contribution in [0.4, 0.5) is 11.4 Å². The van der Waals surface area contributed by atoms with Crippen LogP contribution in [0.2, 0.25) is 0 Å². The second kappa shape index (κ2) is 9.22. The lowest BCUT2D eigenvalue weighted by Crippen LogP contribution is -2.15. The maximum atomic E-state index is 12.2. The predicted octanol–water partition coefficient (Wildman–Crippen LogP) is 3.71. The number of nitro groups is 1. The van der Waals surface area contributed by atoms with Gasteiger partial charge in [0.15, 0.2) is 0 Å². The first-order valence-electron chi connectivity index (χ1n) is 8.05. The molecule has 0 unspecified atom stereocenters. The summed E-state index contributed by atoms with van der Waals surface area (Å²) in [5, 5.41) is 13.7. The van der Waals surface area contributed by atoms with Crippen molar-refractivity contribution in [1.29, 1.82) is 0 Å². The van der Waals surface area contributed by atoms with Crippen LogP contribution in [0, 0.1) is 10.1 Å². The quantitative estimate of drug-likeness (QED) is 0.336. The van der Waals surface area contributed by atoms with E-state index < -0.39 is 10.9 Å². The molecule has 0 aliphatic heterocycles. The number of allylic oxidation sites excluding steroid dienone is 1. The lowest BCUT2D eigenvalue weighted by molar-refractivity contribution is -0.384. The van der Waals surface area contributed by atoms with Crippen molar-refractivity contribution in [2.24, 2.45) is 0 Å². The maximum Gasteiger partial charge on any atom is 0.354 e. The highest BCUT2D eigenvalue weighted by atomic mass is 16.6. The Morgan fingerprint density at radius 3 is 2.35 bits per heavy atom. The first kappa shape index (κ1) is 19.0. The van der Waals surface area contributed by atoms with Crippen molar-refractivity contribution in [2.75, 3.05) is 19.0 Å². The molecule has 0 bridgehead atoms. The first-order chi connectivity index (χ1) is 12.5. The minimum absolute atomic E-state index is 0.0275. The van der Waals surface area contributed by atoms with Gasteiger partial charge < -0.3 is 14.8 Å². The normalized spacial score (nSPS) is 10.9. The summed E-state index contributed by atoms with van der Waals surface area (Å²) in [6.07, 6.45) is 2.12. The number of carbonyl (C=O) groups excluding carboxylic acids is 1. The van der Waals surface area contributed by atoms with E-state index in [1.807, 2.05) is 0 Å². The standard InChI is InChI=1S/C19H20N2O5/c1-3-26-19(22)18(20-15-7-11-17(25-2)12-8-15)13-6-14-4-9-16(10-5-14)21(23)24/h4-5,7-13,20H,3,6H2,1-2H3/b18-13-. The van der Waals surface area contributed by atoms with Crippen molar-refractivity contribution in [3.63, 3.8) is 0 Å². The van der Waals surface area contributed by atoms with Crippen LogP contribution in [0.25, 0.3) is 0 Å². The monoisotopic (exact) mass is 356 g/mol. The van der Waals surface area contributed by atoms with Crippen LogP contribution in [-0.2, 0) is 16.0 Å². The minimum Gasteiger partial charge on any atom is -0.497 e. The van der Waals surface area contributed by atoms with E-state index in [4.69, 9.17) is 9.47 Å². The topological polar surface area (TPSA) is 90.7 Å². The van der Waals surface area contributed by atoms with Gasteiger partial charge in [0.2, 0.25) is 0 Å². The zero-order valence-electron chi connectivity index (χ0n) is 14.6. The average molecular weight is 356 g/mol. The van der Waals surface area contributed by atoms with Crippen molar-refractivity contribution in [3.8, 4) is 5.75 Å². The van der Waals surface area contributed by atoms with E-state index in [-0.39, 0.29) is 12.3 Å². The summed E-state index contributed by atoms with van der Waals surface area (Å²) < 4.78 is 10.2. The van der Waals surface area contributed by atoms with Gasteiger partial charge in [0, 0.05) is 17.8 Å². The Balaban J connectivity index is 2.15. The molecule has 2 aromatic rings. The van der Waals surface area contributed by atoms with E-state index in [1.54, 1.807) is 56.5 Å². The van der Waals surface area contributed by atoms with E-state index >= 15 is 0 Å². The molecule has 2 rings (SSSR count). The highest BCUT2D eigenvalue weighted by Crippen LogP contribution is 2.18. The van der Waals surface area contributed by atoms with Crippen LogP contribution in [0.5, 0.6) is 5.75 Å². The first-order valence-corrected chi connectivity index (χ1v) is 8.05. The van der Waals surface area contributed by atoms with Gasteiger partial charge in [-0.15, -0.1) is 0 Å². The molecule has 0 amide bonds. The van der Waals surface area contributed by atoms with Crippen molar-refractivity contribution in [2.45, 2.75) is 13.3 Å². The summed E-state index contributed by atoms with van der Waals surface area (Å²) >= 11 is 0. The molecule has 2 aromatic carbocycles. The number of benzene rings is 2. The Morgan fingerprint density at radius 2 is 1.81 bits per heavy atom. The van der Waals surface area contributed by atoms with Crippen LogP contribution >= 0.6 is 0 Å². The summed E-state index contributed by atoms with van der Waals surface area (Å²) in [6.45, 7) is 2.00. The van der Waals surface area contributed by atoms with Crippen LogP contribution in [0.3, 0.4) is 0 Å². The number of hydrogen-bond acceptors (Lipinski definition) is 6. The predicted molar refractivity (Wildman–Crippen MR) is 98.1 cm³/mol. The summed E-state index contributed by atoms with van der Waals surface area (Å²) in [7, 11) is 1.58. The molecule has 0 atom stereocenters. The van der Waals surface area contributed by atoms with Gasteiger partial charge in [0.05, 0.1) is 18.6 Å². The smallest absolute Gasteiger partial charge is 0.354 e. The average Bonchev–Trinajstić information content (AvgIpc) is 2.66. The third-order valence-electron chi connectivity index (χ3n) is 3.55. The Labute approximate surface area is 151 Å². The van der Waals surface area contributed by atoms with Gasteiger partial charge in [-0.25, -0.2) is 4.79 Å². The van der Waals surface area contributed by atoms with Gasteiger partial charge in [-0.1, -0.05) is 12.1 Å². The van der Waals surface area contributed by atoms with Crippen molar-refractivity contribution in [3.05, 3.63) is 76.0 Å². The highest BCUT2D eigenvalue weighted by Gasteiger charge is 2.11. The number of ether oxygens (including phenoxy) is 2. The third kappa shape index (κ3) is 5.34. The Hall–Kier alpha value is -3.35. The number of carbonyl (C=O) groups is 1. The number of hydrogen-bond donors (Lipinski definition) is 1. The molecule has 0 radical (unpaired) electrons. The van der Waals surface area contributed by atoms with Crippen LogP contribution in [-0.4, -0.2) is 24.6 Å². The molecule has 7 heteroatoms. The molecule has 7 nitrogen and oxygen atoms in total. The molecule has 136 valence electrons. The zero-order valence-corrected chi connectivity index (χ0v) is 14.6. The van der Waals surface area contributed by atoms with Gasteiger partial charge >= 0.3 is 5.97 Å². The van der Waals surface area contributed by atoms with Crippen molar-refractivity contribution >= 4 is 17.3 Å². The molecule has 1 N–H and O–H groups in total. The molecule has 0 saturated heterocycles. The van der Waals surface area contributed by atoms with Gasteiger partial charge in [-0.3, -0.25) is 10.1 Å². The largest absolute Gasteiger partial charge is 0.497 e. The van der Waals surface area contributed by atoms with E-state index in [1.165, 1.54) is 12.1 Å². The Morgan fingerprint density at radius 1 is 1.15 bits per heavy atom. The Bertz CT molecular complexity index is 783. The maximum absolute atomic E-state index is 12.2. The third-order valence-corrected chi connectivity index (χ3v) is 3.55. The zero-order chi connectivity index (χ0) is 18.9.